The van der Waals surface area contributed by atoms with Gasteiger partial charge in [0.15, 0.2) is 11.5 Å². The van der Waals surface area contributed by atoms with Crippen molar-refractivity contribution in [3.8, 4) is 28.6 Å². The first kappa shape index (κ1) is 19.0. The molecule has 0 radical (unpaired) electrons. The molecule has 0 fully saturated rings. The van der Waals surface area contributed by atoms with E-state index in [9.17, 15) is 9.90 Å². The summed E-state index contributed by atoms with van der Waals surface area (Å²) in [7, 11) is 3.03. The van der Waals surface area contributed by atoms with Gasteiger partial charge in [-0.3, -0.25) is 9.69 Å². The molecule has 7 nitrogen and oxygen atoms in total. The van der Waals surface area contributed by atoms with Crippen LogP contribution >= 0.6 is 0 Å². The number of aromatic amines is 1. The highest BCUT2D eigenvalue weighted by Crippen LogP contribution is 2.37. The van der Waals surface area contributed by atoms with Gasteiger partial charge in [0.25, 0.3) is 5.56 Å². The van der Waals surface area contributed by atoms with Gasteiger partial charge in [-0.25, -0.2) is 4.98 Å². The lowest BCUT2D eigenvalue weighted by Crippen LogP contribution is -2.35. The number of nitrogens with zero attached hydrogens (tertiary/aromatic N) is 2. The third kappa shape index (κ3) is 3.82. The van der Waals surface area contributed by atoms with Crippen LogP contribution in [0.2, 0.25) is 0 Å². The maximum atomic E-state index is 12.5. The van der Waals surface area contributed by atoms with Gasteiger partial charge in [0.1, 0.15) is 5.82 Å². The van der Waals surface area contributed by atoms with Gasteiger partial charge in [0, 0.05) is 30.8 Å². The topological polar surface area (TPSA) is 87.7 Å². The maximum absolute atomic E-state index is 12.5. The molecule has 0 aliphatic carbocycles. The minimum absolute atomic E-state index is 0.0418. The van der Waals surface area contributed by atoms with E-state index in [1.807, 2.05) is 36.4 Å². The van der Waals surface area contributed by atoms with Crippen LogP contribution in [0.4, 0.5) is 0 Å². The van der Waals surface area contributed by atoms with E-state index in [0.29, 0.717) is 36.8 Å². The summed E-state index contributed by atoms with van der Waals surface area (Å²) in [6.07, 6.45) is 0.631. The Morgan fingerprint density at radius 1 is 1.17 bits per heavy atom. The van der Waals surface area contributed by atoms with Crippen LogP contribution in [0.15, 0.2) is 47.3 Å². The summed E-state index contributed by atoms with van der Waals surface area (Å²) in [5.41, 5.74) is 3.25. The second kappa shape index (κ2) is 7.97. The number of aromatic hydroxyl groups is 1. The number of nitrogens with one attached hydrogen (secondary N) is 1. The fraction of sp³-hybridized carbons (Fsp3) is 0.273. The number of benzene rings is 2. The van der Waals surface area contributed by atoms with Crippen molar-refractivity contribution in [2.75, 3.05) is 20.8 Å². The number of aromatic nitrogens is 2. The second-order valence-electron chi connectivity index (χ2n) is 7.02. The molecule has 0 spiro atoms. The molecule has 3 aromatic rings. The Labute approximate surface area is 168 Å². The number of methoxy groups -OCH3 is 2. The number of rotatable bonds is 5. The van der Waals surface area contributed by atoms with E-state index in [1.165, 1.54) is 7.11 Å². The number of fused-ring (bicyclic) bond motifs is 1. The molecule has 0 saturated carbocycles. The molecule has 0 amide bonds. The van der Waals surface area contributed by atoms with Gasteiger partial charge in [0.2, 0.25) is 5.75 Å². The fourth-order valence-corrected chi connectivity index (χ4v) is 3.71. The fourth-order valence-electron chi connectivity index (χ4n) is 3.71. The minimum Gasteiger partial charge on any atom is -0.504 e. The van der Waals surface area contributed by atoms with Crippen molar-refractivity contribution in [3.63, 3.8) is 0 Å². The Balaban J connectivity index is 1.60. The quantitative estimate of drug-likeness (QED) is 0.693. The number of phenols is 1. The lowest BCUT2D eigenvalue weighted by molar-refractivity contribution is 0.239. The zero-order valence-electron chi connectivity index (χ0n) is 16.4. The van der Waals surface area contributed by atoms with Crippen LogP contribution in [-0.2, 0) is 19.5 Å². The molecule has 0 bridgehead atoms. The van der Waals surface area contributed by atoms with Crippen molar-refractivity contribution >= 4 is 0 Å². The molecule has 0 atom stereocenters. The van der Waals surface area contributed by atoms with E-state index in [2.05, 4.69) is 9.88 Å². The number of H-pyrrole nitrogens is 1. The Hall–Kier alpha value is -3.32. The van der Waals surface area contributed by atoms with Crippen LogP contribution in [0.3, 0.4) is 0 Å². The summed E-state index contributed by atoms with van der Waals surface area (Å²) in [6, 6.07) is 13.2. The van der Waals surface area contributed by atoms with E-state index >= 15 is 0 Å². The average Bonchev–Trinajstić information content (AvgIpc) is 2.73. The van der Waals surface area contributed by atoms with Crippen LogP contribution in [0.5, 0.6) is 17.2 Å². The highest BCUT2D eigenvalue weighted by atomic mass is 16.5. The van der Waals surface area contributed by atoms with Gasteiger partial charge < -0.3 is 19.6 Å². The number of ether oxygens (including phenoxy) is 2. The molecule has 0 saturated heterocycles. The number of hydrogen-bond donors (Lipinski definition) is 2. The molecule has 7 heteroatoms. The summed E-state index contributed by atoms with van der Waals surface area (Å²) < 4.78 is 10.5. The van der Waals surface area contributed by atoms with Gasteiger partial charge in [-0.05, 0) is 24.1 Å². The standard InChI is InChI=1S/C22H23N3O4/c1-28-19-11-14(10-18(26)20(19)29-2)12-25-9-8-16-17(13-25)23-21(24-22(16)27)15-6-4-3-5-7-15/h3-7,10-11,26H,8-9,12-13H2,1-2H3,(H,23,24,27). The zero-order chi connectivity index (χ0) is 20.4. The van der Waals surface area contributed by atoms with Gasteiger partial charge in [-0.2, -0.15) is 0 Å². The van der Waals surface area contributed by atoms with E-state index < -0.39 is 0 Å². The molecule has 0 unspecified atom stereocenters. The predicted octanol–water partition coefficient (Wildman–Crippen LogP) is 2.72. The third-order valence-corrected chi connectivity index (χ3v) is 5.13. The van der Waals surface area contributed by atoms with Gasteiger partial charge in [-0.15, -0.1) is 0 Å². The molecule has 150 valence electrons. The molecular formula is C22H23N3O4. The van der Waals surface area contributed by atoms with Crippen molar-refractivity contribution in [3.05, 3.63) is 69.6 Å². The van der Waals surface area contributed by atoms with Crippen molar-refractivity contribution in [1.29, 1.82) is 0 Å². The summed E-state index contributed by atoms with van der Waals surface area (Å²) in [5, 5.41) is 10.2. The lowest BCUT2D eigenvalue weighted by atomic mass is 10.0. The number of hydrogen-bond acceptors (Lipinski definition) is 6. The maximum Gasteiger partial charge on any atom is 0.254 e. The SMILES string of the molecule is COc1cc(CN2CCc3c(nc(-c4ccccc4)[nH]c3=O)C2)cc(O)c1OC. The first-order chi connectivity index (χ1) is 14.1. The smallest absolute Gasteiger partial charge is 0.254 e. The monoisotopic (exact) mass is 393 g/mol. The van der Waals surface area contributed by atoms with E-state index in [1.54, 1.807) is 13.2 Å². The predicted molar refractivity (Wildman–Crippen MR) is 109 cm³/mol. The summed E-state index contributed by atoms with van der Waals surface area (Å²) in [4.78, 5) is 22.4. The largest absolute Gasteiger partial charge is 0.504 e. The first-order valence-corrected chi connectivity index (χ1v) is 9.42. The normalized spacial score (nSPS) is 13.7. The lowest BCUT2D eigenvalue weighted by Gasteiger charge is -2.28. The summed E-state index contributed by atoms with van der Waals surface area (Å²) >= 11 is 0. The van der Waals surface area contributed by atoms with Crippen molar-refractivity contribution in [2.24, 2.45) is 0 Å². The molecule has 1 aliphatic heterocycles. The van der Waals surface area contributed by atoms with E-state index in [0.717, 1.165) is 28.9 Å². The Bertz CT molecular complexity index is 1080. The van der Waals surface area contributed by atoms with Crippen molar-refractivity contribution < 1.29 is 14.6 Å². The molecule has 29 heavy (non-hydrogen) atoms. The highest BCUT2D eigenvalue weighted by molar-refractivity contribution is 5.55. The van der Waals surface area contributed by atoms with Gasteiger partial charge in [0.05, 0.1) is 19.9 Å². The third-order valence-electron chi connectivity index (χ3n) is 5.13. The zero-order valence-corrected chi connectivity index (χ0v) is 16.4. The minimum atomic E-state index is -0.0720. The van der Waals surface area contributed by atoms with E-state index in [4.69, 9.17) is 14.5 Å². The highest BCUT2D eigenvalue weighted by Gasteiger charge is 2.22. The summed E-state index contributed by atoms with van der Waals surface area (Å²) in [5.74, 6) is 1.43. The van der Waals surface area contributed by atoms with Gasteiger partial charge in [-0.1, -0.05) is 30.3 Å². The Morgan fingerprint density at radius 2 is 1.97 bits per heavy atom. The van der Waals surface area contributed by atoms with Crippen LogP contribution in [0.1, 0.15) is 16.8 Å². The molecule has 4 rings (SSSR count). The second-order valence-corrected chi connectivity index (χ2v) is 7.02. The van der Waals surface area contributed by atoms with Crippen LogP contribution < -0.4 is 15.0 Å². The summed E-state index contributed by atoms with van der Waals surface area (Å²) in [6.45, 7) is 1.90. The molecule has 2 aromatic carbocycles. The van der Waals surface area contributed by atoms with E-state index in [-0.39, 0.29) is 11.3 Å². The first-order valence-electron chi connectivity index (χ1n) is 9.42. The number of phenolic OH excluding ortho intramolecular Hbond substituents is 1. The molecule has 1 aliphatic rings. The van der Waals surface area contributed by atoms with Crippen LogP contribution in [0.25, 0.3) is 11.4 Å². The molecule has 2 heterocycles. The van der Waals surface area contributed by atoms with Crippen LogP contribution in [-0.4, -0.2) is 40.7 Å². The van der Waals surface area contributed by atoms with Crippen LogP contribution in [0, 0.1) is 0 Å². The Kier molecular flexibility index (Phi) is 5.22. The Morgan fingerprint density at radius 3 is 2.69 bits per heavy atom. The van der Waals surface area contributed by atoms with Crippen molar-refractivity contribution in [1.82, 2.24) is 14.9 Å². The van der Waals surface area contributed by atoms with Gasteiger partial charge >= 0.3 is 0 Å². The van der Waals surface area contributed by atoms with Crippen molar-refractivity contribution in [2.45, 2.75) is 19.5 Å². The molecular weight excluding hydrogens is 370 g/mol. The molecule has 2 N–H and O–H groups in total. The molecule has 1 aromatic heterocycles. The average molecular weight is 393 g/mol.